The van der Waals surface area contributed by atoms with E-state index in [1.807, 2.05) is 0 Å². The second-order valence-corrected chi connectivity index (χ2v) is 6.90. The minimum atomic E-state index is -3.55. The molecule has 96 valence electrons. The van der Waals surface area contributed by atoms with Gasteiger partial charge in [0.2, 0.25) is 0 Å². The normalized spacial score (nSPS) is 15.6. The van der Waals surface area contributed by atoms with Gasteiger partial charge in [0.25, 0.3) is 10.1 Å². The number of hydrogen-bond donors (Lipinski definition) is 0. The third-order valence-electron chi connectivity index (χ3n) is 1.56. The van der Waals surface area contributed by atoms with E-state index in [9.17, 15) is 13.0 Å². The lowest BCUT2D eigenvalue weighted by Gasteiger charge is -2.10. The standard InChI is InChI=1S/C8H17O6PS/c1-4-6-14-16(10,11)8-5-7-13-15(3,9)12-2/h4H,1,5-8H2,2-3H3. The van der Waals surface area contributed by atoms with Crippen LogP contribution in [0, 0.1) is 0 Å². The first-order valence-corrected chi connectivity index (χ1v) is 8.15. The van der Waals surface area contributed by atoms with Crippen molar-refractivity contribution in [3.05, 3.63) is 12.7 Å². The SMILES string of the molecule is C=CCOS(=O)(=O)CCCOP(C)(=O)OC. The van der Waals surface area contributed by atoms with Crippen LogP contribution in [0.3, 0.4) is 0 Å². The molecule has 1 atom stereocenters. The van der Waals surface area contributed by atoms with Crippen LogP contribution in [0.25, 0.3) is 0 Å². The fraction of sp³-hybridized carbons (Fsp3) is 0.750. The Kier molecular flexibility index (Phi) is 7.10. The molecule has 0 rings (SSSR count). The van der Waals surface area contributed by atoms with Gasteiger partial charge >= 0.3 is 7.60 Å². The van der Waals surface area contributed by atoms with Gasteiger partial charge in [0, 0.05) is 13.8 Å². The van der Waals surface area contributed by atoms with Crippen molar-refractivity contribution in [2.24, 2.45) is 0 Å². The van der Waals surface area contributed by atoms with Crippen LogP contribution in [0.1, 0.15) is 6.42 Å². The van der Waals surface area contributed by atoms with Gasteiger partial charge in [-0.15, -0.1) is 6.58 Å². The van der Waals surface area contributed by atoms with Crippen LogP contribution in [0.5, 0.6) is 0 Å². The fourth-order valence-electron chi connectivity index (χ4n) is 0.729. The molecule has 8 heteroatoms. The Labute approximate surface area is 96.2 Å². The van der Waals surface area contributed by atoms with Crippen molar-refractivity contribution in [2.45, 2.75) is 6.42 Å². The molecular weight excluding hydrogens is 255 g/mol. The Balaban J connectivity index is 3.82. The van der Waals surface area contributed by atoms with Crippen molar-refractivity contribution in [3.63, 3.8) is 0 Å². The van der Waals surface area contributed by atoms with Crippen molar-refractivity contribution in [2.75, 3.05) is 32.7 Å². The summed E-state index contributed by atoms with van der Waals surface area (Å²) in [6, 6.07) is 0. The quantitative estimate of drug-likeness (QED) is 0.273. The molecule has 0 saturated carbocycles. The molecule has 0 aliphatic rings. The highest BCUT2D eigenvalue weighted by atomic mass is 32.2. The predicted molar refractivity (Wildman–Crippen MR) is 61.0 cm³/mol. The molecule has 0 spiro atoms. The molecule has 6 nitrogen and oxygen atoms in total. The molecule has 16 heavy (non-hydrogen) atoms. The maximum absolute atomic E-state index is 11.2. The van der Waals surface area contributed by atoms with Gasteiger partial charge in [-0.25, -0.2) is 0 Å². The smallest absolute Gasteiger partial charge is 0.312 e. The Morgan fingerprint density at radius 2 is 2.06 bits per heavy atom. The van der Waals surface area contributed by atoms with E-state index in [0.717, 1.165) is 0 Å². The summed E-state index contributed by atoms with van der Waals surface area (Å²) in [6.07, 6.45) is 1.54. The lowest BCUT2D eigenvalue weighted by molar-refractivity contribution is 0.238. The van der Waals surface area contributed by atoms with Crippen LogP contribution in [0.2, 0.25) is 0 Å². The first kappa shape index (κ1) is 15.8. The largest absolute Gasteiger partial charge is 0.327 e. The van der Waals surface area contributed by atoms with E-state index in [2.05, 4.69) is 15.3 Å². The summed E-state index contributed by atoms with van der Waals surface area (Å²) in [7, 11) is -5.31. The van der Waals surface area contributed by atoms with Gasteiger partial charge in [0.05, 0.1) is 19.0 Å². The Bertz CT molecular complexity index is 350. The third-order valence-corrected chi connectivity index (χ3v) is 4.16. The molecular formula is C8H17O6PS. The molecule has 0 fully saturated rings. The molecule has 0 aliphatic carbocycles. The van der Waals surface area contributed by atoms with Crippen LogP contribution in [-0.4, -0.2) is 41.2 Å². The summed E-state index contributed by atoms with van der Waals surface area (Å²) in [5.74, 6) is -0.190. The fourth-order valence-corrected chi connectivity index (χ4v) is 2.19. The highest BCUT2D eigenvalue weighted by Crippen LogP contribution is 2.42. The number of rotatable bonds is 9. The average molecular weight is 272 g/mol. The van der Waals surface area contributed by atoms with Crippen LogP contribution in [0.4, 0.5) is 0 Å². The van der Waals surface area contributed by atoms with E-state index in [1.165, 1.54) is 19.9 Å². The van der Waals surface area contributed by atoms with Crippen LogP contribution < -0.4 is 0 Å². The summed E-state index contributed by atoms with van der Waals surface area (Å²) in [5.41, 5.74) is 0. The van der Waals surface area contributed by atoms with Crippen LogP contribution in [0.15, 0.2) is 12.7 Å². The average Bonchev–Trinajstić information content (AvgIpc) is 2.22. The molecule has 0 radical (unpaired) electrons. The molecule has 0 amide bonds. The second kappa shape index (κ2) is 7.19. The zero-order chi connectivity index (χ0) is 12.7. The Morgan fingerprint density at radius 1 is 1.44 bits per heavy atom. The molecule has 0 aromatic heterocycles. The minimum absolute atomic E-state index is 0.0400. The van der Waals surface area contributed by atoms with Gasteiger partial charge in [0.15, 0.2) is 0 Å². The summed E-state index contributed by atoms with van der Waals surface area (Å²) in [5, 5.41) is 0. The van der Waals surface area contributed by atoms with Gasteiger partial charge in [0.1, 0.15) is 0 Å². The van der Waals surface area contributed by atoms with Crippen LogP contribution in [-0.2, 0) is 27.9 Å². The first-order valence-electron chi connectivity index (χ1n) is 4.59. The van der Waals surface area contributed by atoms with Crippen molar-refractivity contribution in [1.82, 2.24) is 0 Å². The summed E-state index contributed by atoms with van der Waals surface area (Å²) >= 11 is 0. The molecule has 1 unspecified atom stereocenters. The van der Waals surface area contributed by atoms with Gasteiger partial charge < -0.3 is 9.05 Å². The minimum Gasteiger partial charge on any atom is -0.312 e. The molecule has 0 heterocycles. The van der Waals surface area contributed by atoms with E-state index in [0.29, 0.717) is 0 Å². The molecule has 0 aromatic carbocycles. The first-order chi connectivity index (χ1) is 7.33. The maximum atomic E-state index is 11.2. The molecule has 0 saturated heterocycles. The zero-order valence-corrected chi connectivity index (χ0v) is 11.1. The maximum Gasteiger partial charge on any atom is 0.327 e. The van der Waals surface area contributed by atoms with E-state index < -0.39 is 17.7 Å². The second-order valence-electron chi connectivity index (χ2n) is 2.98. The Morgan fingerprint density at radius 3 is 2.56 bits per heavy atom. The van der Waals surface area contributed by atoms with E-state index >= 15 is 0 Å². The van der Waals surface area contributed by atoms with Crippen molar-refractivity contribution in [1.29, 1.82) is 0 Å². The van der Waals surface area contributed by atoms with Gasteiger partial charge in [-0.2, -0.15) is 8.42 Å². The van der Waals surface area contributed by atoms with E-state index in [4.69, 9.17) is 4.52 Å². The lowest BCUT2D eigenvalue weighted by Crippen LogP contribution is -2.12. The van der Waals surface area contributed by atoms with Gasteiger partial charge in [-0.05, 0) is 6.42 Å². The molecule has 0 aliphatic heterocycles. The lowest BCUT2D eigenvalue weighted by atomic mass is 10.5. The zero-order valence-electron chi connectivity index (χ0n) is 9.42. The van der Waals surface area contributed by atoms with Crippen LogP contribution >= 0.6 is 7.60 Å². The summed E-state index contributed by atoms with van der Waals surface area (Å²) in [4.78, 5) is 0. The third kappa shape index (κ3) is 8.01. The molecule has 0 bridgehead atoms. The van der Waals surface area contributed by atoms with Crippen molar-refractivity contribution < 1.29 is 26.2 Å². The van der Waals surface area contributed by atoms with Gasteiger partial charge in [-0.1, -0.05) is 6.08 Å². The highest BCUT2D eigenvalue weighted by Gasteiger charge is 2.15. The highest BCUT2D eigenvalue weighted by molar-refractivity contribution is 7.86. The monoisotopic (exact) mass is 272 g/mol. The predicted octanol–water partition coefficient (Wildman–Crippen LogP) is 1.39. The summed E-state index contributed by atoms with van der Waals surface area (Å²) in [6.45, 7) is 4.64. The number of hydrogen-bond acceptors (Lipinski definition) is 6. The van der Waals surface area contributed by atoms with Crippen molar-refractivity contribution >= 4 is 17.7 Å². The Hall–Kier alpha value is -0.200. The molecule has 0 aromatic rings. The van der Waals surface area contributed by atoms with E-state index in [1.54, 1.807) is 0 Å². The summed E-state index contributed by atoms with van der Waals surface area (Å²) < 4.78 is 47.5. The topological polar surface area (TPSA) is 78.9 Å². The van der Waals surface area contributed by atoms with Gasteiger partial charge in [-0.3, -0.25) is 8.75 Å². The van der Waals surface area contributed by atoms with E-state index in [-0.39, 0.29) is 25.4 Å². The van der Waals surface area contributed by atoms with Crippen molar-refractivity contribution in [3.8, 4) is 0 Å². The molecule has 0 N–H and O–H groups in total.